The van der Waals surface area contributed by atoms with E-state index >= 15 is 0 Å². The summed E-state index contributed by atoms with van der Waals surface area (Å²) in [4.78, 5) is 32.9. The van der Waals surface area contributed by atoms with Gasteiger partial charge < -0.3 is 14.7 Å². The van der Waals surface area contributed by atoms with Gasteiger partial charge in [0.25, 0.3) is 5.91 Å². The van der Waals surface area contributed by atoms with Gasteiger partial charge in [-0.25, -0.2) is 4.57 Å². The molecule has 0 aliphatic heterocycles. The molecule has 0 aromatic rings. The Morgan fingerprint density at radius 3 is 1.73 bits per heavy atom. The molecule has 1 atom stereocenters. The van der Waals surface area contributed by atoms with Crippen LogP contribution in [0.1, 0.15) is 71.6 Å². The first-order valence-electron chi connectivity index (χ1n) is 7.63. The second-order valence-electron chi connectivity index (χ2n) is 5.16. The summed E-state index contributed by atoms with van der Waals surface area (Å²) in [6.45, 7) is 4.10. The summed E-state index contributed by atoms with van der Waals surface area (Å²) in [5.74, 6) is -0.834. The van der Waals surface area contributed by atoms with Crippen LogP contribution < -0.4 is 0 Å². The third kappa shape index (κ3) is 19.5. The van der Waals surface area contributed by atoms with E-state index < -0.39 is 13.7 Å². The smallest absolute Gasteiger partial charge is 0.303 e. The van der Waals surface area contributed by atoms with Crippen LogP contribution in [0.15, 0.2) is 0 Å². The van der Waals surface area contributed by atoms with Crippen molar-refractivity contribution < 1.29 is 34.5 Å². The van der Waals surface area contributed by atoms with Crippen molar-refractivity contribution in [2.45, 2.75) is 71.6 Å². The number of unbranched alkanes of at least 4 members (excludes halogenated alkanes) is 6. The molecule has 0 spiro atoms. The first-order chi connectivity index (χ1) is 10.1. The van der Waals surface area contributed by atoms with Gasteiger partial charge in [0.2, 0.25) is 0 Å². The van der Waals surface area contributed by atoms with Gasteiger partial charge in [0.05, 0.1) is 0 Å². The van der Waals surface area contributed by atoms with E-state index in [0.717, 1.165) is 19.3 Å². The van der Waals surface area contributed by atoms with Crippen molar-refractivity contribution in [3.05, 3.63) is 0 Å². The number of hydrogen-bond acceptors (Lipinski definition) is 4. The predicted octanol–water partition coefficient (Wildman–Crippen LogP) is 2.83. The molecule has 0 bridgehead atoms. The van der Waals surface area contributed by atoms with Gasteiger partial charge in [-0.3, -0.25) is 15.2 Å². The zero-order valence-corrected chi connectivity index (χ0v) is 14.3. The normalized spacial score (nSPS) is 12.3. The molecule has 0 aromatic carbocycles. The molecule has 0 aromatic heterocycles. The summed E-state index contributed by atoms with van der Waals surface area (Å²) in [7, 11) is -4.64. The lowest BCUT2D eigenvalue weighted by Crippen LogP contribution is -2.30. The Labute approximate surface area is 131 Å². The van der Waals surface area contributed by atoms with E-state index in [1.807, 2.05) is 6.92 Å². The molecule has 134 valence electrons. The Hall–Kier alpha value is -0.500. The van der Waals surface area contributed by atoms with Gasteiger partial charge in [-0.1, -0.05) is 64.0 Å². The number of amides is 1. The van der Waals surface area contributed by atoms with E-state index in [4.69, 9.17) is 29.7 Å². The molecular formula is C13H30NO7P. The Morgan fingerprint density at radius 1 is 0.955 bits per heavy atom. The molecular weight excluding hydrogens is 313 g/mol. The second-order valence-corrected chi connectivity index (χ2v) is 6.18. The fourth-order valence-corrected chi connectivity index (χ4v) is 2.01. The summed E-state index contributed by atoms with van der Waals surface area (Å²) >= 11 is 0. The molecule has 0 aliphatic rings. The first kappa shape index (κ1) is 23.8. The van der Waals surface area contributed by atoms with Gasteiger partial charge in [-0.2, -0.15) is 0 Å². The molecule has 0 rings (SSSR count). The van der Waals surface area contributed by atoms with Crippen molar-refractivity contribution in [2.75, 3.05) is 0 Å². The summed E-state index contributed by atoms with van der Waals surface area (Å²) < 4.78 is 8.88. The maximum absolute atomic E-state index is 11.3. The van der Waals surface area contributed by atoms with Crippen molar-refractivity contribution in [2.24, 2.45) is 5.92 Å². The molecule has 9 heteroatoms. The standard InChI is InChI=1S/C13H27NO3.H3O4P/c1-3-5-6-7-8-9-10-11-12(4-2)13(15)14(16)17;1-5(2,3)4/h12,16-17H,3-11H2,1-2H3;(H3,1,2,3,4). The third-order valence-electron chi connectivity index (χ3n) is 3.20. The van der Waals surface area contributed by atoms with E-state index in [0.29, 0.717) is 6.42 Å². The van der Waals surface area contributed by atoms with Crippen molar-refractivity contribution in [3.63, 3.8) is 0 Å². The molecule has 8 nitrogen and oxygen atoms in total. The fraction of sp³-hybridized carbons (Fsp3) is 0.923. The number of carbonyl (C=O) groups is 1. The summed E-state index contributed by atoms with van der Waals surface area (Å²) in [5, 5.41) is 17.1. The van der Waals surface area contributed by atoms with E-state index in [9.17, 15) is 4.79 Å². The van der Waals surface area contributed by atoms with Gasteiger partial charge in [0, 0.05) is 5.92 Å². The number of rotatable bonds is 10. The monoisotopic (exact) mass is 343 g/mol. The van der Waals surface area contributed by atoms with Crippen LogP contribution in [0.4, 0.5) is 0 Å². The Bertz CT molecular complexity index is 311. The van der Waals surface area contributed by atoms with Crippen LogP contribution in [0.2, 0.25) is 0 Å². The van der Waals surface area contributed by atoms with Gasteiger partial charge in [-0.15, -0.1) is 0 Å². The number of hydrogen-bond donors (Lipinski definition) is 5. The highest BCUT2D eigenvalue weighted by Crippen LogP contribution is 2.25. The fourth-order valence-electron chi connectivity index (χ4n) is 2.01. The largest absolute Gasteiger partial charge is 0.466 e. The maximum Gasteiger partial charge on any atom is 0.466 e. The molecule has 0 saturated carbocycles. The quantitative estimate of drug-likeness (QED) is 0.178. The average molecular weight is 343 g/mol. The lowest BCUT2D eigenvalue weighted by Gasteiger charge is -2.15. The Kier molecular flexibility index (Phi) is 15.2. The van der Waals surface area contributed by atoms with E-state index in [2.05, 4.69) is 6.92 Å². The van der Waals surface area contributed by atoms with Crippen molar-refractivity contribution >= 4 is 13.7 Å². The van der Waals surface area contributed by atoms with E-state index in [-0.39, 0.29) is 11.1 Å². The number of hydroxylamine groups is 2. The van der Waals surface area contributed by atoms with Gasteiger partial charge in [0.1, 0.15) is 0 Å². The first-order valence-corrected chi connectivity index (χ1v) is 9.19. The van der Waals surface area contributed by atoms with Crippen LogP contribution in [0, 0.1) is 5.92 Å². The zero-order valence-electron chi connectivity index (χ0n) is 13.4. The summed E-state index contributed by atoms with van der Waals surface area (Å²) in [6.07, 6.45) is 9.88. The van der Waals surface area contributed by atoms with Crippen LogP contribution in [0.5, 0.6) is 0 Å². The minimum Gasteiger partial charge on any atom is -0.303 e. The SMILES string of the molecule is CCCCCCCCCC(CC)C(=O)N(O)O.O=P(O)(O)O. The summed E-state index contributed by atoms with van der Waals surface area (Å²) in [5.41, 5.74) is 0. The lowest BCUT2D eigenvalue weighted by molar-refractivity contribution is -0.288. The predicted molar refractivity (Wildman–Crippen MR) is 81.1 cm³/mol. The van der Waals surface area contributed by atoms with Crippen molar-refractivity contribution in [1.82, 2.24) is 5.23 Å². The Morgan fingerprint density at radius 2 is 1.36 bits per heavy atom. The highest BCUT2D eigenvalue weighted by Gasteiger charge is 2.20. The van der Waals surface area contributed by atoms with Crippen molar-refractivity contribution in [3.8, 4) is 0 Å². The highest BCUT2D eigenvalue weighted by molar-refractivity contribution is 7.45. The van der Waals surface area contributed by atoms with Crippen LogP contribution >= 0.6 is 7.82 Å². The number of carbonyl (C=O) groups excluding carboxylic acids is 1. The lowest BCUT2D eigenvalue weighted by atomic mass is 9.97. The molecule has 0 radical (unpaired) electrons. The maximum atomic E-state index is 11.3. The van der Waals surface area contributed by atoms with Gasteiger partial charge in [-0.05, 0) is 12.8 Å². The topological polar surface area (TPSA) is 139 Å². The second kappa shape index (κ2) is 14.1. The van der Waals surface area contributed by atoms with E-state index in [1.54, 1.807) is 0 Å². The number of phosphoric acid groups is 1. The highest BCUT2D eigenvalue weighted by atomic mass is 31.2. The number of nitrogens with zero attached hydrogens (tertiary/aromatic N) is 1. The Balaban J connectivity index is 0. The molecule has 0 fully saturated rings. The zero-order chi connectivity index (χ0) is 17.6. The average Bonchev–Trinajstić information content (AvgIpc) is 2.39. The molecule has 22 heavy (non-hydrogen) atoms. The molecule has 1 amide bonds. The molecule has 1 unspecified atom stereocenters. The van der Waals surface area contributed by atoms with Crippen LogP contribution in [-0.4, -0.2) is 36.2 Å². The molecule has 0 aliphatic carbocycles. The minimum atomic E-state index is -4.64. The van der Waals surface area contributed by atoms with Crippen LogP contribution in [0.3, 0.4) is 0 Å². The third-order valence-corrected chi connectivity index (χ3v) is 3.20. The molecule has 0 heterocycles. The van der Waals surface area contributed by atoms with E-state index in [1.165, 1.54) is 32.1 Å². The van der Waals surface area contributed by atoms with Crippen LogP contribution in [0.25, 0.3) is 0 Å². The van der Waals surface area contributed by atoms with Gasteiger partial charge >= 0.3 is 7.82 Å². The summed E-state index contributed by atoms with van der Waals surface area (Å²) in [6, 6.07) is 0. The van der Waals surface area contributed by atoms with Gasteiger partial charge in [0.15, 0.2) is 0 Å². The molecule has 5 N–H and O–H groups in total. The minimum absolute atomic E-state index is 0.249. The van der Waals surface area contributed by atoms with Crippen molar-refractivity contribution in [1.29, 1.82) is 0 Å². The molecule has 0 saturated heterocycles. The van der Waals surface area contributed by atoms with Crippen LogP contribution in [-0.2, 0) is 9.36 Å².